The number of nitrogens with zero attached hydrogens (tertiary/aromatic N) is 1. The van der Waals surface area contributed by atoms with Gasteiger partial charge in [-0.1, -0.05) is 19.0 Å². The fourth-order valence-corrected chi connectivity index (χ4v) is 2.62. The summed E-state index contributed by atoms with van der Waals surface area (Å²) in [5.74, 6) is -0.693. The summed E-state index contributed by atoms with van der Waals surface area (Å²) < 4.78 is 10.4. The van der Waals surface area contributed by atoms with E-state index in [9.17, 15) is 14.7 Å². The Hall–Kier alpha value is -1.89. The summed E-state index contributed by atoms with van der Waals surface area (Å²) in [7, 11) is 0. The molecule has 1 fully saturated rings. The molecular formula is C15H22N2O5. The molecule has 0 radical (unpaired) electrons. The quantitative estimate of drug-likeness (QED) is 0.858. The largest absolute Gasteiger partial charge is 0.481 e. The number of aromatic nitrogens is 1. The lowest BCUT2D eigenvalue weighted by molar-refractivity contribution is -0.154. The van der Waals surface area contributed by atoms with E-state index in [-0.39, 0.29) is 18.4 Å². The van der Waals surface area contributed by atoms with E-state index < -0.39 is 11.4 Å². The van der Waals surface area contributed by atoms with E-state index in [1.165, 1.54) is 0 Å². The molecule has 0 bridgehead atoms. The van der Waals surface area contributed by atoms with Gasteiger partial charge in [0.05, 0.1) is 11.1 Å². The van der Waals surface area contributed by atoms with Crippen molar-refractivity contribution >= 4 is 11.9 Å². The molecule has 1 aliphatic heterocycles. The van der Waals surface area contributed by atoms with Crippen molar-refractivity contribution in [2.45, 2.75) is 39.5 Å². The van der Waals surface area contributed by atoms with Gasteiger partial charge in [0.1, 0.15) is 5.56 Å². The maximum Gasteiger partial charge on any atom is 0.311 e. The zero-order valence-electron chi connectivity index (χ0n) is 13.1. The average Bonchev–Trinajstić information content (AvgIpc) is 2.87. The number of rotatable bonds is 5. The van der Waals surface area contributed by atoms with E-state index >= 15 is 0 Å². The van der Waals surface area contributed by atoms with Gasteiger partial charge in [-0.2, -0.15) is 0 Å². The molecule has 0 saturated carbocycles. The van der Waals surface area contributed by atoms with E-state index in [0.717, 1.165) is 0 Å². The molecule has 2 heterocycles. The molecule has 2 N–H and O–H groups in total. The molecular weight excluding hydrogens is 288 g/mol. The summed E-state index contributed by atoms with van der Waals surface area (Å²) in [6, 6.07) is 0. The van der Waals surface area contributed by atoms with Crippen molar-refractivity contribution < 1.29 is 24.0 Å². The van der Waals surface area contributed by atoms with E-state index in [0.29, 0.717) is 43.1 Å². The molecule has 7 nitrogen and oxygen atoms in total. The molecule has 22 heavy (non-hydrogen) atoms. The molecule has 0 unspecified atom stereocenters. The van der Waals surface area contributed by atoms with E-state index in [4.69, 9.17) is 9.26 Å². The molecule has 1 aliphatic rings. The minimum absolute atomic E-state index is 0.0264. The number of carboxylic acid groups (broad SMARTS) is 1. The maximum atomic E-state index is 12.4. The Morgan fingerprint density at radius 2 is 2.00 bits per heavy atom. The van der Waals surface area contributed by atoms with Gasteiger partial charge in [-0.25, -0.2) is 0 Å². The Kier molecular flexibility index (Phi) is 4.85. The van der Waals surface area contributed by atoms with E-state index in [1.807, 2.05) is 13.8 Å². The SMILES string of the molecule is Cc1noc(C(C)C)c1C(=O)NCC1(C(=O)O)CCOCC1. The predicted octanol–water partition coefficient (Wildman–Crippen LogP) is 1.72. The zero-order chi connectivity index (χ0) is 16.3. The number of aliphatic carboxylic acids is 1. The van der Waals surface area contributed by atoms with Crippen molar-refractivity contribution in [3.05, 3.63) is 17.0 Å². The number of nitrogens with one attached hydrogen (secondary N) is 1. The Bertz CT molecular complexity index is 558. The topological polar surface area (TPSA) is 102 Å². The van der Waals surface area contributed by atoms with Gasteiger partial charge < -0.3 is 19.7 Å². The van der Waals surface area contributed by atoms with Crippen molar-refractivity contribution in [3.63, 3.8) is 0 Å². The van der Waals surface area contributed by atoms with Crippen LogP contribution in [0.15, 0.2) is 4.52 Å². The number of ether oxygens (including phenoxy) is 1. The van der Waals surface area contributed by atoms with Gasteiger partial charge in [0.2, 0.25) is 0 Å². The van der Waals surface area contributed by atoms with Crippen molar-refractivity contribution in [2.75, 3.05) is 19.8 Å². The Labute approximate surface area is 129 Å². The van der Waals surface area contributed by atoms with E-state index in [1.54, 1.807) is 6.92 Å². The zero-order valence-corrected chi connectivity index (χ0v) is 13.1. The van der Waals surface area contributed by atoms with Crippen molar-refractivity contribution in [2.24, 2.45) is 5.41 Å². The lowest BCUT2D eigenvalue weighted by Gasteiger charge is -2.33. The van der Waals surface area contributed by atoms with Crippen molar-refractivity contribution in [1.82, 2.24) is 10.5 Å². The maximum absolute atomic E-state index is 12.4. The molecule has 1 amide bonds. The lowest BCUT2D eigenvalue weighted by Crippen LogP contribution is -2.46. The third kappa shape index (κ3) is 3.14. The highest BCUT2D eigenvalue weighted by Gasteiger charge is 2.40. The van der Waals surface area contributed by atoms with Crippen LogP contribution in [0.4, 0.5) is 0 Å². The van der Waals surface area contributed by atoms with Crippen LogP contribution in [-0.4, -0.2) is 41.9 Å². The number of carbonyl (C=O) groups excluding carboxylic acids is 1. The van der Waals surface area contributed by atoms with Gasteiger partial charge in [-0.05, 0) is 19.8 Å². The van der Waals surface area contributed by atoms with Crippen LogP contribution in [0.2, 0.25) is 0 Å². The minimum Gasteiger partial charge on any atom is -0.481 e. The molecule has 0 spiro atoms. The Balaban J connectivity index is 2.12. The van der Waals surface area contributed by atoms with Crippen LogP contribution in [-0.2, 0) is 9.53 Å². The lowest BCUT2D eigenvalue weighted by atomic mass is 9.80. The van der Waals surface area contributed by atoms with Gasteiger partial charge in [-0.15, -0.1) is 0 Å². The summed E-state index contributed by atoms with van der Waals surface area (Å²) in [5.41, 5.74) is -0.0445. The summed E-state index contributed by atoms with van der Waals surface area (Å²) in [6.07, 6.45) is 0.782. The number of carboxylic acids is 1. The molecule has 1 aromatic heterocycles. The second-order valence-corrected chi connectivity index (χ2v) is 6.04. The summed E-state index contributed by atoms with van der Waals surface area (Å²) in [4.78, 5) is 24.0. The Morgan fingerprint density at radius 3 is 2.55 bits per heavy atom. The van der Waals surface area contributed by atoms with Crippen LogP contribution >= 0.6 is 0 Å². The number of carbonyl (C=O) groups is 2. The number of aryl methyl sites for hydroxylation is 1. The Morgan fingerprint density at radius 1 is 1.36 bits per heavy atom. The van der Waals surface area contributed by atoms with Gasteiger partial charge in [0.25, 0.3) is 5.91 Å². The monoisotopic (exact) mass is 310 g/mol. The molecule has 2 rings (SSSR count). The highest BCUT2D eigenvalue weighted by molar-refractivity contribution is 5.96. The normalized spacial score (nSPS) is 17.5. The van der Waals surface area contributed by atoms with Gasteiger partial charge in [0.15, 0.2) is 5.76 Å². The van der Waals surface area contributed by atoms with Crippen LogP contribution in [0.3, 0.4) is 0 Å². The first-order valence-corrected chi connectivity index (χ1v) is 7.43. The first-order valence-electron chi connectivity index (χ1n) is 7.43. The number of amides is 1. The third-order valence-corrected chi connectivity index (χ3v) is 4.13. The molecule has 0 atom stereocenters. The molecule has 1 saturated heterocycles. The van der Waals surface area contributed by atoms with Crippen LogP contribution < -0.4 is 5.32 Å². The molecule has 0 aliphatic carbocycles. The molecule has 1 aromatic rings. The van der Waals surface area contributed by atoms with Crippen LogP contribution in [0, 0.1) is 12.3 Å². The van der Waals surface area contributed by atoms with Crippen molar-refractivity contribution in [1.29, 1.82) is 0 Å². The summed E-state index contributed by atoms with van der Waals surface area (Å²) in [5, 5.41) is 16.1. The second kappa shape index (κ2) is 6.48. The smallest absolute Gasteiger partial charge is 0.311 e. The van der Waals surface area contributed by atoms with Crippen LogP contribution in [0.25, 0.3) is 0 Å². The van der Waals surface area contributed by atoms with Crippen molar-refractivity contribution in [3.8, 4) is 0 Å². The molecule has 122 valence electrons. The predicted molar refractivity (Wildman–Crippen MR) is 77.8 cm³/mol. The standard InChI is InChI=1S/C15H22N2O5/c1-9(2)12-11(10(3)17-22-12)13(18)16-8-15(14(19)20)4-6-21-7-5-15/h9H,4-8H2,1-3H3,(H,16,18)(H,19,20). The fourth-order valence-electron chi connectivity index (χ4n) is 2.62. The first kappa shape index (κ1) is 16.5. The van der Waals surface area contributed by atoms with E-state index in [2.05, 4.69) is 10.5 Å². The number of hydrogen-bond donors (Lipinski definition) is 2. The van der Waals surface area contributed by atoms with Gasteiger partial charge >= 0.3 is 5.97 Å². The number of hydrogen-bond acceptors (Lipinski definition) is 5. The third-order valence-electron chi connectivity index (χ3n) is 4.13. The molecule has 0 aromatic carbocycles. The second-order valence-electron chi connectivity index (χ2n) is 6.04. The minimum atomic E-state index is -0.961. The first-order chi connectivity index (χ1) is 10.4. The highest BCUT2D eigenvalue weighted by atomic mass is 16.5. The van der Waals surface area contributed by atoms with Gasteiger partial charge in [0, 0.05) is 25.7 Å². The molecule has 7 heteroatoms. The fraction of sp³-hybridized carbons (Fsp3) is 0.667. The van der Waals surface area contributed by atoms with Crippen LogP contribution in [0.5, 0.6) is 0 Å². The van der Waals surface area contributed by atoms with Gasteiger partial charge in [-0.3, -0.25) is 9.59 Å². The van der Waals surface area contributed by atoms with Crippen LogP contribution in [0.1, 0.15) is 54.4 Å². The summed E-state index contributed by atoms with van der Waals surface area (Å²) >= 11 is 0. The highest BCUT2D eigenvalue weighted by Crippen LogP contribution is 2.30. The summed E-state index contributed by atoms with van der Waals surface area (Å²) in [6.45, 7) is 6.39. The average molecular weight is 310 g/mol.